The van der Waals surface area contributed by atoms with Gasteiger partial charge < -0.3 is 4.57 Å². The maximum Gasteiger partial charge on any atom is 0.270 e. The van der Waals surface area contributed by atoms with Gasteiger partial charge in [-0.1, -0.05) is 73.4 Å². The first-order valence-corrected chi connectivity index (χ1v) is 11.7. The van der Waals surface area contributed by atoms with Gasteiger partial charge in [-0.05, 0) is 54.8 Å². The second-order valence-electron chi connectivity index (χ2n) is 7.54. The quantitative estimate of drug-likeness (QED) is 0.257. The standard InChI is InChI=1S/C26H22N2OS2/c1-3-18-9-5-7-11-21(18)28-25(29)24(31-26(28)30)16-17-13-14-23-20(15-17)19-10-6-8-12-22(19)27(23)4-2/h5-16H,3-4H2,1-2H3. The van der Waals surface area contributed by atoms with Crippen molar-refractivity contribution < 1.29 is 4.79 Å². The normalized spacial score (nSPS) is 15.7. The van der Waals surface area contributed by atoms with Crippen molar-refractivity contribution in [3.63, 3.8) is 0 Å². The van der Waals surface area contributed by atoms with Crippen molar-refractivity contribution >= 4 is 67.8 Å². The molecule has 1 aromatic heterocycles. The van der Waals surface area contributed by atoms with Crippen LogP contribution in [0.2, 0.25) is 0 Å². The van der Waals surface area contributed by atoms with E-state index < -0.39 is 0 Å². The molecule has 3 nitrogen and oxygen atoms in total. The summed E-state index contributed by atoms with van der Waals surface area (Å²) in [6, 6.07) is 22.9. The fraction of sp³-hybridized carbons (Fsp3) is 0.154. The zero-order valence-electron chi connectivity index (χ0n) is 17.5. The Kier molecular flexibility index (Phi) is 5.16. The molecule has 1 amide bonds. The molecule has 5 rings (SSSR count). The predicted molar refractivity (Wildman–Crippen MR) is 137 cm³/mol. The minimum absolute atomic E-state index is 0.0491. The summed E-state index contributed by atoms with van der Waals surface area (Å²) in [6.45, 7) is 5.17. The van der Waals surface area contributed by atoms with Gasteiger partial charge in [-0.3, -0.25) is 9.69 Å². The number of rotatable bonds is 4. The lowest BCUT2D eigenvalue weighted by Crippen LogP contribution is -2.28. The Labute approximate surface area is 191 Å². The van der Waals surface area contributed by atoms with E-state index in [4.69, 9.17) is 12.2 Å². The lowest BCUT2D eigenvalue weighted by atomic mass is 10.1. The third-order valence-corrected chi connectivity index (χ3v) is 7.12. The SMILES string of the molecule is CCc1ccccc1N1C(=O)C(=Cc2ccc3c(c2)c2ccccc2n3CC)SC1=S. The van der Waals surface area contributed by atoms with Crippen LogP contribution in [0.25, 0.3) is 27.9 Å². The van der Waals surface area contributed by atoms with Gasteiger partial charge >= 0.3 is 0 Å². The number of carbonyl (C=O) groups excluding carboxylic acids is 1. The lowest BCUT2D eigenvalue weighted by Gasteiger charge is -2.18. The maximum absolute atomic E-state index is 13.3. The molecule has 31 heavy (non-hydrogen) atoms. The number of nitrogens with zero attached hydrogens (tertiary/aromatic N) is 2. The Bertz CT molecular complexity index is 1380. The first-order valence-electron chi connectivity index (χ1n) is 10.5. The van der Waals surface area contributed by atoms with Crippen molar-refractivity contribution in [3.8, 4) is 0 Å². The van der Waals surface area contributed by atoms with Crippen LogP contribution < -0.4 is 4.90 Å². The van der Waals surface area contributed by atoms with Crippen molar-refractivity contribution in [1.82, 2.24) is 4.57 Å². The van der Waals surface area contributed by atoms with Gasteiger partial charge in [-0.25, -0.2) is 0 Å². The Balaban J connectivity index is 1.57. The molecule has 0 spiro atoms. The van der Waals surface area contributed by atoms with Crippen LogP contribution in [-0.4, -0.2) is 14.8 Å². The molecule has 1 aliphatic heterocycles. The van der Waals surface area contributed by atoms with Gasteiger partial charge in [-0.15, -0.1) is 0 Å². The number of amides is 1. The minimum Gasteiger partial charge on any atom is -0.341 e. The highest BCUT2D eigenvalue weighted by Crippen LogP contribution is 2.38. The van der Waals surface area contributed by atoms with Gasteiger partial charge in [0, 0.05) is 28.4 Å². The molecule has 0 N–H and O–H groups in total. The number of aromatic nitrogens is 1. The van der Waals surface area contributed by atoms with Crippen LogP contribution in [0.4, 0.5) is 5.69 Å². The molecule has 2 heterocycles. The summed E-state index contributed by atoms with van der Waals surface area (Å²) in [6.07, 6.45) is 2.82. The smallest absolute Gasteiger partial charge is 0.270 e. The zero-order valence-corrected chi connectivity index (χ0v) is 19.1. The van der Waals surface area contributed by atoms with Crippen LogP contribution in [0.15, 0.2) is 71.6 Å². The summed E-state index contributed by atoms with van der Waals surface area (Å²) in [5.74, 6) is -0.0491. The molecule has 0 radical (unpaired) electrons. The van der Waals surface area contributed by atoms with E-state index in [1.165, 1.54) is 33.6 Å². The van der Waals surface area contributed by atoms with E-state index in [0.717, 1.165) is 29.8 Å². The average Bonchev–Trinajstić information content (AvgIpc) is 3.26. The number of para-hydroxylation sites is 2. The molecule has 4 aromatic rings. The summed E-state index contributed by atoms with van der Waals surface area (Å²) in [7, 11) is 0. The molecule has 0 bridgehead atoms. The fourth-order valence-corrected chi connectivity index (χ4v) is 5.64. The average molecular weight is 443 g/mol. The molecular formula is C26H22N2OS2. The van der Waals surface area contributed by atoms with E-state index in [0.29, 0.717) is 9.23 Å². The second kappa shape index (κ2) is 7.98. The Morgan fingerprint density at radius 2 is 1.68 bits per heavy atom. The van der Waals surface area contributed by atoms with E-state index in [2.05, 4.69) is 66.9 Å². The van der Waals surface area contributed by atoms with Crippen molar-refractivity contribution in [1.29, 1.82) is 0 Å². The first kappa shape index (κ1) is 20.0. The molecule has 5 heteroatoms. The number of anilines is 1. The van der Waals surface area contributed by atoms with Gasteiger partial charge in [0.1, 0.15) is 0 Å². The van der Waals surface area contributed by atoms with Crippen LogP contribution >= 0.6 is 24.0 Å². The molecule has 0 aliphatic carbocycles. The van der Waals surface area contributed by atoms with E-state index >= 15 is 0 Å². The molecule has 0 unspecified atom stereocenters. The third-order valence-electron chi connectivity index (χ3n) is 5.82. The molecule has 0 saturated carbocycles. The van der Waals surface area contributed by atoms with Crippen LogP contribution in [0.3, 0.4) is 0 Å². The van der Waals surface area contributed by atoms with E-state index in [-0.39, 0.29) is 5.91 Å². The third kappa shape index (κ3) is 3.29. The van der Waals surface area contributed by atoms with Crippen LogP contribution in [-0.2, 0) is 17.8 Å². The molecule has 1 saturated heterocycles. The number of hydrogen-bond acceptors (Lipinski definition) is 3. The Morgan fingerprint density at radius 1 is 0.935 bits per heavy atom. The molecule has 0 atom stereocenters. The summed E-state index contributed by atoms with van der Waals surface area (Å²) >= 11 is 6.96. The molecule has 154 valence electrons. The number of fused-ring (bicyclic) bond motifs is 3. The van der Waals surface area contributed by atoms with E-state index in [9.17, 15) is 4.79 Å². The van der Waals surface area contributed by atoms with E-state index in [1.807, 2.05) is 24.3 Å². The molecule has 1 aliphatic rings. The maximum atomic E-state index is 13.3. The van der Waals surface area contributed by atoms with Crippen LogP contribution in [0, 0.1) is 0 Å². The molecular weight excluding hydrogens is 420 g/mol. The first-order chi connectivity index (χ1) is 15.1. The monoisotopic (exact) mass is 442 g/mol. The zero-order chi connectivity index (χ0) is 21.5. The fourth-order valence-electron chi connectivity index (χ4n) is 4.36. The topological polar surface area (TPSA) is 25.2 Å². The lowest BCUT2D eigenvalue weighted by molar-refractivity contribution is -0.113. The summed E-state index contributed by atoms with van der Waals surface area (Å²) in [5, 5.41) is 2.44. The highest BCUT2D eigenvalue weighted by atomic mass is 32.2. The van der Waals surface area contributed by atoms with Crippen LogP contribution in [0.1, 0.15) is 25.0 Å². The van der Waals surface area contributed by atoms with Gasteiger partial charge in [-0.2, -0.15) is 0 Å². The van der Waals surface area contributed by atoms with Gasteiger partial charge in [0.25, 0.3) is 5.91 Å². The minimum atomic E-state index is -0.0491. The Morgan fingerprint density at radius 3 is 2.48 bits per heavy atom. The highest BCUT2D eigenvalue weighted by molar-refractivity contribution is 8.27. The number of aryl methyl sites for hydroxylation is 2. The summed E-state index contributed by atoms with van der Waals surface area (Å²) < 4.78 is 2.91. The number of hydrogen-bond donors (Lipinski definition) is 0. The summed E-state index contributed by atoms with van der Waals surface area (Å²) in [4.78, 5) is 15.6. The van der Waals surface area contributed by atoms with Crippen LogP contribution in [0.5, 0.6) is 0 Å². The largest absolute Gasteiger partial charge is 0.341 e. The highest BCUT2D eigenvalue weighted by Gasteiger charge is 2.34. The van der Waals surface area contributed by atoms with Crippen molar-refractivity contribution in [2.24, 2.45) is 0 Å². The molecule has 1 fully saturated rings. The second-order valence-corrected chi connectivity index (χ2v) is 9.21. The van der Waals surface area contributed by atoms with Gasteiger partial charge in [0.2, 0.25) is 0 Å². The summed E-state index contributed by atoms with van der Waals surface area (Å²) in [5.41, 5.74) is 5.46. The van der Waals surface area contributed by atoms with E-state index in [1.54, 1.807) is 4.90 Å². The number of carbonyl (C=O) groups is 1. The number of thioether (sulfide) groups is 1. The van der Waals surface area contributed by atoms with Gasteiger partial charge in [0.15, 0.2) is 4.32 Å². The molecule has 3 aromatic carbocycles. The van der Waals surface area contributed by atoms with Crippen molar-refractivity contribution in [2.45, 2.75) is 26.8 Å². The number of benzene rings is 3. The van der Waals surface area contributed by atoms with Gasteiger partial charge in [0.05, 0.1) is 10.6 Å². The number of thiocarbonyl (C=S) groups is 1. The Hall–Kier alpha value is -2.89. The van der Waals surface area contributed by atoms with Crippen molar-refractivity contribution in [2.75, 3.05) is 4.90 Å². The predicted octanol–water partition coefficient (Wildman–Crippen LogP) is 6.78. The van der Waals surface area contributed by atoms with Crippen molar-refractivity contribution in [3.05, 3.63) is 82.8 Å².